The van der Waals surface area contributed by atoms with Gasteiger partial charge in [-0.25, -0.2) is 0 Å². The first kappa shape index (κ1) is 10.7. The van der Waals surface area contributed by atoms with Crippen LogP contribution >= 0.6 is 27.5 Å². The highest BCUT2D eigenvalue weighted by Crippen LogP contribution is 2.33. The summed E-state index contributed by atoms with van der Waals surface area (Å²) in [7, 11) is 3.20. The highest BCUT2D eigenvalue weighted by atomic mass is 79.9. The predicted molar refractivity (Wildman–Crippen MR) is 57.2 cm³/mol. The topological polar surface area (TPSA) is 18.5 Å². The molecule has 0 aromatic heterocycles. The van der Waals surface area contributed by atoms with E-state index >= 15 is 0 Å². The number of rotatable bonds is 3. The molecule has 4 heteroatoms. The fraction of sp³-hybridized carbons (Fsp3) is 0.333. The van der Waals surface area contributed by atoms with Gasteiger partial charge in [0.25, 0.3) is 0 Å². The van der Waals surface area contributed by atoms with Gasteiger partial charge in [-0.05, 0) is 6.07 Å². The molecule has 0 amide bonds. The molecule has 0 radical (unpaired) electrons. The van der Waals surface area contributed by atoms with Crippen molar-refractivity contribution in [3.8, 4) is 11.5 Å². The third kappa shape index (κ3) is 2.29. The molecule has 0 bridgehead atoms. The number of benzene rings is 1. The quantitative estimate of drug-likeness (QED) is 0.781. The lowest BCUT2D eigenvalue weighted by molar-refractivity contribution is 0.392. The molecule has 0 saturated carbocycles. The van der Waals surface area contributed by atoms with Gasteiger partial charge in [-0.1, -0.05) is 27.5 Å². The Morgan fingerprint density at radius 2 is 1.85 bits per heavy atom. The fourth-order valence-corrected chi connectivity index (χ4v) is 1.73. The van der Waals surface area contributed by atoms with E-state index in [1.54, 1.807) is 20.3 Å². The van der Waals surface area contributed by atoms with E-state index in [4.69, 9.17) is 21.1 Å². The van der Waals surface area contributed by atoms with Gasteiger partial charge in [-0.2, -0.15) is 0 Å². The van der Waals surface area contributed by atoms with Crippen LogP contribution in [0.15, 0.2) is 12.1 Å². The molecule has 0 atom stereocenters. The van der Waals surface area contributed by atoms with Crippen molar-refractivity contribution in [1.82, 2.24) is 0 Å². The van der Waals surface area contributed by atoms with E-state index < -0.39 is 0 Å². The molecule has 0 heterocycles. The summed E-state index contributed by atoms with van der Waals surface area (Å²) >= 11 is 9.29. The number of ether oxygens (including phenoxy) is 2. The van der Waals surface area contributed by atoms with Crippen LogP contribution in [0.5, 0.6) is 11.5 Å². The van der Waals surface area contributed by atoms with Gasteiger partial charge in [0, 0.05) is 17.0 Å². The zero-order chi connectivity index (χ0) is 9.84. The van der Waals surface area contributed by atoms with Crippen molar-refractivity contribution in [2.24, 2.45) is 0 Å². The SMILES string of the molecule is COc1cc(OC)c(CBr)cc1Cl. The predicted octanol–water partition coefficient (Wildman–Crippen LogP) is 3.25. The lowest BCUT2D eigenvalue weighted by Crippen LogP contribution is -1.92. The smallest absolute Gasteiger partial charge is 0.141 e. The molecular weight excluding hydrogens is 255 g/mol. The van der Waals surface area contributed by atoms with E-state index in [0.29, 0.717) is 16.1 Å². The van der Waals surface area contributed by atoms with Gasteiger partial charge in [-0.15, -0.1) is 0 Å². The van der Waals surface area contributed by atoms with Crippen molar-refractivity contribution >= 4 is 27.5 Å². The Balaban J connectivity index is 3.18. The molecule has 2 nitrogen and oxygen atoms in total. The number of hydrogen-bond acceptors (Lipinski definition) is 2. The van der Waals surface area contributed by atoms with Crippen molar-refractivity contribution in [2.75, 3.05) is 14.2 Å². The summed E-state index contributed by atoms with van der Waals surface area (Å²) in [6, 6.07) is 3.60. The van der Waals surface area contributed by atoms with Crippen molar-refractivity contribution in [3.63, 3.8) is 0 Å². The minimum absolute atomic E-state index is 0.595. The normalized spacial score (nSPS) is 9.85. The summed E-state index contributed by atoms with van der Waals surface area (Å²) in [6.45, 7) is 0. The van der Waals surface area contributed by atoms with Gasteiger partial charge in [0.2, 0.25) is 0 Å². The number of methoxy groups -OCH3 is 2. The fourth-order valence-electron chi connectivity index (χ4n) is 1.03. The molecule has 0 N–H and O–H groups in total. The average Bonchev–Trinajstić information content (AvgIpc) is 2.17. The van der Waals surface area contributed by atoms with Crippen LogP contribution in [0.4, 0.5) is 0 Å². The Morgan fingerprint density at radius 1 is 1.23 bits per heavy atom. The van der Waals surface area contributed by atoms with Crippen LogP contribution in [0.3, 0.4) is 0 Å². The Morgan fingerprint density at radius 3 is 2.31 bits per heavy atom. The Hall–Kier alpha value is -0.410. The molecule has 0 unspecified atom stereocenters. The van der Waals surface area contributed by atoms with Gasteiger partial charge in [-0.3, -0.25) is 0 Å². The second-order valence-electron chi connectivity index (χ2n) is 2.43. The molecule has 1 rings (SSSR count). The Labute approximate surface area is 90.9 Å². The molecule has 0 aliphatic heterocycles. The lowest BCUT2D eigenvalue weighted by atomic mass is 10.2. The maximum atomic E-state index is 5.94. The largest absolute Gasteiger partial charge is 0.496 e. The summed E-state index contributed by atoms with van der Waals surface area (Å²) in [5.74, 6) is 1.40. The molecule has 0 spiro atoms. The third-order valence-electron chi connectivity index (χ3n) is 1.70. The summed E-state index contributed by atoms with van der Waals surface area (Å²) < 4.78 is 10.2. The molecule has 0 saturated heterocycles. The summed E-state index contributed by atoms with van der Waals surface area (Å²) in [6.07, 6.45) is 0. The van der Waals surface area contributed by atoms with E-state index in [1.807, 2.05) is 6.07 Å². The van der Waals surface area contributed by atoms with Crippen molar-refractivity contribution < 1.29 is 9.47 Å². The average molecular weight is 266 g/mol. The monoisotopic (exact) mass is 264 g/mol. The second kappa shape index (κ2) is 4.72. The third-order valence-corrected chi connectivity index (χ3v) is 2.60. The highest BCUT2D eigenvalue weighted by Gasteiger charge is 2.08. The van der Waals surface area contributed by atoms with Crippen LogP contribution in [0.2, 0.25) is 5.02 Å². The Bertz CT molecular complexity index is 302. The van der Waals surface area contributed by atoms with Gasteiger partial charge in [0.05, 0.1) is 19.2 Å². The van der Waals surface area contributed by atoms with Crippen LogP contribution in [-0.2, 0) is 5.33 Å². The molecule has 1 aromatic carbocycles. The van der Waals surface area contributed by atoms with E-state index in [1.165, 1.54) is 0 Å². The second-order valence-corrected chi connectivity index (χ2v) is 3.40. The molecule has 0 aliphatic carbocycles. The first-order valence-electron chi connectivity index (χ1n) is 3.69. The van der Waals surface area contributed by atoms with Crippen molar-refractivity contribution in [3.05, 3.63) is 22.7 Å². The van der Waals surface area contributed by atoms with Crippen molar-refractivity contribution in [2.45, 2.75) is 5.33 Å². The highest BCUT2D eigenvalue weighted by molar-refractivity contribution is 9.08. The zero-order valence-electron chi connectivity index (χ0n) is 7.43. The summed E-state index contributed by atoms with van der Waals surface area (Å²) in [4.78, 5) is 0. The summed E-state index contributed by atoms with van der Waals surface area (Å²) in [5.41, 5.74) is 1.01. The molecule has 0 aliphatic rings. The van der Waals surface area contributed by atoms with Gasteiger partial charge >= 0.3 is 0 Å². The Kier molecular flexibility index (Phi) is 3.88. The maximum Gasteiger partial charge on any atom is 0.141 e. The molecule has 0 fully saturated rings. The van der Waals surface area contributed by atoms with Crippen LogP contribution in [0, 0.1) is 0 Å². The molecule has 72 valence electrons. The minimum Gasteiger partial charge on any atom is -0.496 e. The maximum absolute atomic E-state index is 5.94. The van der Waals surface area contributed by atoms with Crippen LogP contribution in [-0.4, -0.2) is 14.2 Å². The van der Waals surface area contributed by atoms with E-state index in [-0.39, 0.29) is 0 Å². The van der Waals surface area contributed by atoms with E-state index in [2.05, 4.69) is 15.9 Å². The van der Waals surface area contributed by atoms with Gasteiger partial charge in [0.15, 0.2) is 0 Å². The molecule has 1 aromatic rings. The van der Waals surface area contributed by atoms with Crippen LogP contribution in [0.25, 0.3) is 0 Å². The van der Waals surface area contributed by atoms with E-state index in [0.717, 1.165) is 11.3 Å². The summed E-state index contributed by atoms with van der Waals surface area (Å²) in [5, 5.41) is 1.30. The standard InChI is InChI=1S/C9H10BrClO2/c1-12-8-4-9(13-2)7(11)3-6(8)5-10/h3-4H,5H2,1-2H3. The van der Waals surface area contributed by atoms with Crippen LogP contribution < -0.4 is 9.47 Å². The number of halogens is 2. The first-order valence-corrected chi connectivity index (χ1v) is 5.19. The van der Waals surface area contributed by atoms with Gasteiger partial charge in [0.1, 0.15) is 11.5 Å². The molecular formula is C9H10BrClO2. The van der Waals surface area contributed by atoms with Crippen molar-refractivity contribution in [1.29, 1.82) is 0 Å². The minimum atomic E-state index is 0.595. The van der Waals surface area contributed by atoms with Gasteiger partial charge < -0.3 is 9.47 Å². The zero-order valence-corrected chi connectivity index (χ0v) is 9.78. The van der Waals surface area contributed by atoms with E-state index in [9.17, 15) is 0 Å². The number of alkyl halides is 1. The number of hydrogen-bond donors (Lipinski definition) is 0. The lowest BCUT2D eigenvalue weighted by Gasteiger charge is -2.09. The first-order chi connectivity index (χ1) is 6.22. The molecule has 13 heavy (non-hydrogen) atoms. The van der Waals surface area contributed by atoms with Crippen LogP contribution in [0.1, 0.15) is 5.56 Å².